The van der Waals surface area contributed by atoms with Crippen LogP contribution in [0.4, 0.5) is 11.5 Å². The molecule has 1 saturated heterocycles. The summed E-state index contributed by atoms with van der Waals surface area (Å²) in [5.74, 6) is 1.75. The number of fused-ring (bicyclic) bond motifs is 1. The zero-order chi connectivity index (χ0) is 28.2. The van der Waals surface area contributed by atoms with E-state index in [0.29, 0.717) is 59.3 Å². The van der Waals surface area contributed by atoms with Gasteiger partial charge < -0.3 is 29.6 Å². The first kappa shape index (κ1) is 27.4. The van der Waals surface area contributed by atoms with Crippen LogP contribution in [0.5, 0.6) is 11.6 Å². The molecule has 40 heavy (non-hydrogen) atoms. The maximum atomic E-state index is 13.1. The number of benzene rings is 1. The number of aldehydes is 1. The quantitative estimate of drug-likeness (QED) is 0.289. The summed E-state index contributed by atoms with van der Waals surface area (Å²) in [4.78, 5) is 37.8. The number of aromatic nitrogens is 3. The Balaban J connectivity index is 1.51. The first-order valence-electron chi connectivity index (χ1n) is 13.1. The van der Waals surface area contributed by atoms with Gasteiger partial charge in [0.2, 0.25) is 0 Å². The molecule has 4 heterocycles. The zero-order valence-electron chi connectivity index (χ0n) is 22.4. The lowest BCUT2D eigenvalue weighted by Crippen LogP contribution is -2.34. The molecule has 0 aliphatic carbocycles. The Morgan fingerprint density at radius 2 is 2.05 bits per heavy atom. The molecule has 1 unspecified atom stereocenters. The molecule has 208 valence electrons. The topological polar surface area (TPSA) is 116 Å². The summed E-state index contributed by atoms with van der Waals surface area (Å²) in [7, 11) is 3.82. The van der Waals surface area contributed by atoms with Crippen molar-refractivity contribution >= 4 is 40.3 Å². The second-order valence-electron chi connectivity index (χ2n) is 9.74. The van der Waals surface area contributed by atoms with Crippen LogP contribution in [-0.4, -0.2) is 67.3 Å². The molecular weight excluding hydrogens is 532 g/mol. The highest BCUT2D eigenvalue weighted by Gasteiger charge is 2.28. The van der Waals surface area contributed by atoms with E-state index in [1.54, 1.807) is 36.8 Å². The molecule has 0 saturated carbocycles. The van der Waals surface area contributed by atoms with E-state index in [-0.39, 0.29) is 17.0 Å². The predicted molar refractivity (Wildman–Crippen MR) is 157 cm³/mol. The van der Waals surface area contributed by atoms with Crippen molar-refractivity contribution in [1.29, 1.82) is 0 Å². The van der Waals surface area contributed by atoms with Crippen molar-refractivity contribution in [3.05, 3.63) is 75.8 Å². The minimum atomic E-state index is -0.367. The van der Waals surface area contributed by atoms with Crippen molar-refractivity contribution in [3.8, 4) is 17.3 Å². The third kappa shape index (κ3) is 5.45. The van der Waals surface area contributed by atoms with Crippen LogP contribution in [0.2, 0.25) is 5.02 Å². The Labute approximate surface area is 236 Å². The number of anilines is 2. The molecule has 1 fully saturated rings. The second-order valence-corrected chi connectivity index (χ2v) is 10.1. The molecule has 0 amide bonds. The molecule has 5 rings (SSSR count). The van der Waals surface area contributed by atoms with Crippen LogP contribution in [0.1, 0.15) is 23.2 Å². The first-order valence-corrected chi connectivity index (χ1v) is 13.4. The number of hydrogen-bond acceptors (Lipinski definition) is 9. The molecule has 3 aromatic heterocycles. The molecule has 0 radical (unpaired) electrons. The molecule has 10 nitrogen and oxygen atoms in total. The van der Waals surface area contributed by atoms with Crippen molar-refractivity contribution in [2.75, 3.05) is 50.2 Å². The molecule has 4 aromatic rings. The molecule has 1 atom stereocenters. The number of ether oxygens (including phenoxy) is 2. The van der Waals surface area contributed by atoms with Crippen molar-refractivity contribution < 1.29 is 14.3 Å². The number of pyridine rings is 3. The molecule has 1 aliphatic heterocycles. The van der Waals surface area contributed by atoms with Crippen LogP contribution in [-0.2, 0) is 0 Å². The monoisotopic (exact) mass is 562 g/mol. The Morgan fingerprint density at radius 3 is 2.77 bits per heavy atom. The van der Waals surface area contributed by atoms with Gasteiger partial charge in [0, 0.05) is 45.0 Å². The standard InChI is InChI=1S/C29H31ClN6O4/c1-34(2)27-8-7-20(15-33-27)36-16-19(17-37)28(38)22-13-23(30)25(14-24(22)36)35-11-4-5-21(35)18-40-29-26(39-12-9-31)6-3-10-32-29/h3,6-8,10,13-17,21H,4-5,9,11-12,18,31H2,1-2H3. The number of nitrogens with two attached hydrogens (primary N) is 1. The Morgan fingerprint density at radius 1 is 1.20 bits per heavy atom. The SMILES string of the molecule is CN(C)c1ccc(-n2cc(C=O)c(=O)c3cc(Cl)c(N4CCCC4COc4ncccc4OCCN)cc32)cn1. The number of rotatable bonds is 10. The smallest absolute Gasteiger partial charge is 0.257 e. The van der Waals surface area contributed by atoms with Crippen molar-refractivity contribution in [2.24, 2.45) is 5.73 Å². The predicted octanol–water partition coefficient (Wildman–Crippen LogP) is 3.70. The summed E-state index contributed by atoms with van der Waals surface area (Å²) in [6, 6.07) is 10.9. The van der Waals surface area contributed by atoms with Crippen LogP contribution in [0.25, 0.3) is 16.6 Å². The van der Waals surface area contributed by atoms with Crippen LogP contribution in [0.3, 0.4) is 0 Å². The van der Waals surface area contributed by atoms with E-state index in [1.807, 2.05) is 41.8 Å². The Hall–Kier alpha value is -4.15. The lowest BCUT2D eigenvalue weighted by Gasteiger charge is -2.28. The van der Waals surface area contributed by atoms with Gasteiger partial charge in [-0.25, -0.2) is 9.97 Å². The molecule has 0 bridgehead atoms. The van der Waals surface area contributed by atoms with E-state index >= 15 is 0 Å². The van der Waals surface area contributed by atoms with Gasteiger partial charge in [-0.3, -0.25) is 9.59 Å². The van der Waals surface area contributed by atoms with Crippen LogP contribution in [0.15, 0.2) is 59.8 Å². The van der Waals surface area contributed by atoms with Gasteiger partial charge in [-0.05, 0) is 49.2 Å². The summed E-state index contributed by atoms with van der Waals surface area (Å²) < 4.78 is 13.6. The van der Waals surface area contributed by atoms with Gasteiger partial charge in [-0.2, -0.15) is 0 Å². The highest BCUT2D eigenvalue weighted by Crippen LogP contribution is 2.36. The van der Waals surface area contributed by atoms with Gasteiger partial charge in [0.05, 0.1) is 39.7 Å². The molecule has 2 N–H and O–H groups in total. The number of nitrogens with zero attached hydrogens (tertiary/aromatic N) is 5. The minimum absolute atomic E-state index is 0.0229. The summed E-state index contributed by atoms with van der Waals surface area (Å²) in [6.07, 6.45) is 7.34. The number of halogens is 1. The molecule has 1 aliphatic rings. The fourth-order valence-electron chi connectivity index (χ4n) is 4.92. The highest BCUT2D eigenvalue weighted by molar-refractivity contribution is 6.34. The number of carbonyl (C=O) groups excluding carboxylic acids is 1. The molecular formula is C29H31ClN6O4. The average molecular weight is 563 g/mol. The van der Waals surface area contributed by atoms with Gasteiger partial charge in [0.25, 0.3) is 5.88 Å². The maximum Gasteiger partial charge on any atom is 0.257 e. The average Bonchev–Trinajstić information content (AvgIpc) is 3.44. The van der Waals surface area contributed by atoms with Crippen LogP contribution in [0, 0.1) is 0 Å². The lowest BCUT2D eigenvalue weighted by atomic mass is 10.1. The summed E-state index contributed by atoms with van der Waals surface area (Å²) in [5, 5.41) is 0.786. The fraction of sp³-hybridized carbons (Fsp3) is 0.310. The summed E-state index contributed by atoms with van der Waals surface area (Å²) >= 11 is 6.79. The third-order valence-electron chi connectivity index (χ3n) is 6.91. The van der Waals surface area contributed by atoms with Crippen LogP contribution < -0.4 is 30.4 Å². The van der Waals surface area contributed by atoms with Crippen molar-refractivity contribution in [3.63, 3.8) is 0 Å². The normalized spacial score (nSPS) is 14.9. The van der Waals surface area contributed by atoms with E-state index in [9.17, 15) is 9.59 Å². The Bertz CT molecular complexity index is 1570. The molecule has 1 aromatic carbocycles. The zero-order valence-corrected chi connectivity index (χ0v) is 23.2. The van der Waals surface area contributed by atoms with E-state index in [4.69, 9.17) is 26.8 Å². The summed E-state index contributed by atoms with van der Waals surface area (Å²) in [6.45, 7) is 1.90. The van der Waals surface area contributed by atoms with Gasteiger partial charge in [-0.15, -0.1) is 0 Å². The number of carbonyl (C=O) groups is 1. The van der Waals surface area contributed by atoms with E-state index in [2.05, 4.69) is 14.9 Å². The van der Waals surface area contributed by atoms with Gasteiger partial charge in [-0.1, -0.05) is 11.6 Å². The first-order chi connectivity index (χ1) is 19.4. The van der Waals surface area contributed by atoms with Gasteiger partial charge in [0.1, 0.15) is 19.0 Å². The van der Waals surface area contributed by atoms with Crippen molar-refractivity contribution in [2.45, 2.75) is 18.9 Å². The molecule has 11 heteroatoms. The van der Waals surface area contributed by atoms with Crippen molar-refractivity contribution in [1.82, 2.24) is 14.5 Å². The fourth-order valence-corrected chi connectivity index (χ4v) is 5.19. The lowest BCUT2D eigenvalue weighted by molar-refractivity contribution is 0.112. The third-order valence-corrected chi connectivity index (χ3v) is 7.21. The van der Waals surface area contributed by atoms with Gasteiger partial charge in [0.15, 0.2) is 17.5 Å². The minimum Gasteiger partial charge on any atom is -0.487 e. The largest absolute Gasteiger partial charge is 0.487 e. The Kier molecular flexibility index (Phi) is 8.18. The van der Waals surface area contributed by atoms with Gasteiger partial charge >= 0.3 is 0 Å². The van der Waals surface area contributed by atoms with Crippen LogP contribution >= 0.6 is 11.6 Å². The highest BCUT2D eigenvalue weighted by atomic mass is 35.5. The van der Waals surface area contributed by atoms with E-state index < -0.39 is 0 Å². The van der Waals surface area contributed by atoms with E-state index in [0.717, 1.165) is 30.9 Å². The number of hydrogen-bond donors (Lipinski definition) is 1. The molecule has 0 spiro atoms. The second kappa shape index (κ2) is 11.9. The summed E-state index contributed by atoms with van der Waals surface area (Å²) in [5.41, 5.74) is 7.38. The maximum absolute atomic E-state index is 13.1. The van der Waals surface area contributed by atoms with E-state index in [1.165, 1.54) is 0 Å².